The molecule has 2 aromatic rings. The fourth-order valence-electron chi connectivity index (χ4n) is 3.11. The Labute approximate surface area is 143 Å². The van der Waals surface area contributed by atoms with Crippen LogP contribution in [0.1, 0.15) is 30.4 Å². The lowest BCUT2D eigenvalue weighted by atomic mass is 9.91. The van der Waals surface area contributed by atoms with E-state index < -0.39 is 0 Å². The summed E-state index contributed by atoms with van der Waals surface area (Å²) in [6.45, 7) is 0. The Morgan fingerprint density at radius 3 is 2.78 bits per heavy atom. The van der Waals surface area contributed by atoms with Crippen LogP contribution < -0.4 is 5.32 Å². The monoisotopic (exact) mass is 369 g/mol. The third kappa shape index (κ3) is 2.79. The molecule has 1 aliphatic carbocycles. The molecule has 3 nitrogen and oxygen atoms in total. The highest BCUT2D eigenvalue weighted by molar-refractivity contribution is 9.10. The number of carbonyl (C=O) groups is 1. The van der Waals surface area contributed by atoms with Crippen molar-refractivity contribution in [3.63, 3.8) is 0 Å². The van der Waals surface area contributed by atoms with E-state index in [1.807, 2.05) is 30.3 Å². The Morgan fingerprint density at radius 2 is 2.04 bits per heavy atom. The lowest BCUT2D eigenvalue weighted by Crippen LogP contribution is -2.06. The summed E-state index contributed by atoms with van der Waals surface area (Å²) in [5, 5.41) is 12.8. The van der Waals surface area contributed by atoms with Crippen LogP contribution in [0.2, 0.25) is 0 Å². The number of carbonyl (C=O) groups excluding carboxylic acids is 1. The molecule has 0 saturated heterocycles. The Hall–Kier alpha value is -2.07. The first-order chi connectivity index (χ1) is 11.1. The molecule has 2 N–H and O–H groups in total. The molecule has 1 saturated carbocycles. The molecule has 0 radical (unpaired) electrons. The van der Waals surface area contributed by atoms with Crippen LogP contribution in [0, 0.1) is 5.92 Å². The van der Waals surface area contributed by atoms with Gasteiger partial charge in [-0.3, -0.25) is 4.79 Å². The van der Waals surface area contributed by atoms with Crippen molar-refractivity contribution in [1.82, 2.24) is 0 Å². The topological polar surface area (TPSA) is 49.3 Å². The molecule has 4 heteroatoms. The van der Waals surface area contributed by atoms with Crippen molar-refractivity contribution < 1.29 is 9.90 Å². The van der Waals surface area contributed by atoms with Gasteiger partial charge >= 0.3 is 0 Å². The Morgan fingerprint density at radius 1 is 1.22 bits per heavy atom. The molecule has 23 heavy (non-hydrogen) atoms. The van der Waals surface area contributed by atoms with Gasteiger partial charge in [-0.15, -0.1) is 0 Å². The molecule has 4 rings (SSSR count). The minimum atomic E-state index is -0.0582. The number of allylic oxidation sites excluding steroid dienone is 1. The Balaban J connectivity index is 1.92. The van der Waals surface area contributed by atoms with Gasteiger partial charge in [-0.2, -0.15) is 0 Å². The molecule has 2 aliphatic rings. The van der Waals surface area contributed by atoms with Crippen molar-refractivity contribution >= 4 is 38.7 Å². The van der Waals surface area contributed by atoms with Crippen LogP contribution in [0.3, 0.4) is 0 Å². The largest absolute Gasteiger partial charge is 0.508 e. The van der Waals surface area contributed by atoms with E-state index in [2.05, 4.69) is 21.2 Å². The highest BCUT2D eigenvalue weighted by Gasteiger charge is 2.31. The van der Waals surface area contributed by atoms with Gasteiger partial charge in [0.05, 0.1) is 5.57 Å². The number of halogens is 1. The van der Waals surface area contributed by atoms with Gasteiger partial charge in [0.25, 0.3) is 5.91 Å². The molecular formula is C19H16BrNO2. The Bertz CT molecular complexity index is 837. The number of fused-ring (bicyclic) bond motifs is 1. The summed E-state index contributed by atoms with van der Waals surface area (Å²) < 4.78 is 0.951. The first-order valence-corrected chi connectivity index (χ1v) is 8.55. The molecular weight excluding hydrogens is 354 g/mol. The molecule has 0 atom stereocenters. The molecule has 116 valence electrons. The summed E-state index contributed by atoms with van der Waals surface area (Å²) >= 11 is 3.49. The van der Waals surface area contributed by atoms with E-state index >= 15 is 0 Å². The number of rotatable bonds is 3. The zero-order valence-corrected chi connectivity index (χ0v) is 14.1. The molecule has 0 bridgehead atoms. The van der Waals surface area contributed by atoms with Crippen LogP contribution in [0.4, 0.5) is 5.69 Å². The van der Waals surface area contributed by atoms with E-state index in [1.165, 1.54) is 12.8 Å². The van der Waals surface area contributed by atoms with Gasteiger partial charge < -0.3 is 10.4 Å². The molecule has 2 aromatic carbocycles. The summed E-state index contributed by atoms with van der Waals surface area (Å²) in [7, 11) is 0. The van der Waals surface area contributed by atoms with E-state index in [0.29, 0.717) is 5.92 Å². The summed E-state index contributed by atoms with van der Waals surface area (Å²) in [6, 6.07) is 13.0. The van der Waals surface area contributed by atoms with E-state index in [0.717, 1.165) is 38.9 Å². The molecule has 0 aromatic heterocycles. The number of nitrogens with one attached hydrogen (secondary N) is 1. The number of aromatic hydroxyl groups is 1. The predicted molar refractivity (Wildman–Crippen MR) is 95.0 cm³/mol. The maximum atomic E-state index is 12.6. The van der Waals surface area contributed by atoms with Crippen LogP contribution in [0.15, 0.2) is 46.9 Å². The molecule has 1 heterocycles. The van der Waals surface area contributed by atoms with Crippen LogP contribution in [0.5, 0.6) is 5.75 Å². The number of phenols is 1. The lowest BCUT2D eigenvalue weighted by molar-refractivity contribution is -0.110. The van der Waals surface area contributed by atoms with Gasteiger partial charge in [-0.05, 0) is 66.6 Å². The standard InChI is InChI=1S/C19H16BrNO2/c20-13-6-7-17-16(10-13)18(19(23)21-17)15(8-11-4-5-11)12-2-1-3-14(22)9-12/h1-3,6-7,9-11,22H,4-5,8H2,(H,21,23)/b18-15+. The van der Waals surface area contributed by atoms with Gasteiger partial charge in [0, 0.05) is 15.7 Å². The fourth-order valence-corrected chi connectivity index (χ4v) is 3.47. The number of amides is 1. The number of hydrogen-bond acceptors (Lipinski definition) is 2. The van der Waals surface area contributed by atoms with Crippen LogP contribution in [0.25, 0.3) is 11.1 Å². The van der Waals surface area contributed by atoms with E-state index in [9.17, 15) is 9.90 Å². The highest BCUT2D eigenvalue weighted by Crippen LogP contribution is 2.45. The second-order valence-corrected chi connectivity index (χ2v) is 7.11. The average molecular weight is 370 g/mol. The highest BCUT2D eigenvalue weighted by atomic mass is 79.9. The number of benzene rings is 2. The second-order valence-electron chi connectivity index (χ2n) is 6.20. The van der Waals surface area contributed by atoms with Gasteiger partial charge in [-0.25, -0.2) is 0 Å². The minimum absolute atomic E-state index is 0.0582. The van der Waals surface area contributed by atoms with Gasteiger partial charge in [-0.1, -0.05) is 28.1 Å². The molecule has 1 aliphatic heterocycles. The van der Waals surface area contributed by atoms with Crippen molar-refractivity contribution in [3.05, 3.63) is 58.1 Å². The first-order valence-electron chi connectivity index (χ1n) is 7.75. The third-order valence-corrected chi connectivity index (χ3v) is 4.91. The second kappa shape index (κ2) is 5.53. The Kier molecular flexibility index (Phi) is 3.49. The van der Waals surface area contributed by atoms with Gasteiger partial charge in [0.2, 0.25) is 0 Å². The quantitative estimate of drug-likeness (QED) is 0.762. The van der Waals surface area contributed by atoms with Crippen molar-refractivity contribution in [3.8, 4) is 5.75 Å². The van der Waals surface area contributed by atoms with Crippen LogP contribution in [-0.4, -0.2) is 11.0 Å². The number of hydrogen-bond donors (Lipinski definition) is 2. The van der Waals surface area contributed by atoms with Crippen molar-refractivity contribution in [1.29, 1.82) is 0 Å². The zero-order valence-electron chi connectivity index (χ0n) is 12.5. The van der Waals surface area contributed by atoms with E-state index in [1.54, 1.807) is 12.1 Å². The maximum absolute atomic E-state index is 12.6. The van der Waals surface area contributed by atoms with Crippen molar-refractivity contribution in [2.75, 3.05) is 5.32 Å². The van der Waals surface area contributed by atoms with Gasteiger partial charge in [0.1, 0.15) is 5.75 Å². The van der Waals surface area contributed by atoms with Crippen LogP contribution in [-0.2, 0) is 4.79 Å². The number of phenolic OH excluding ortho intramolecular Hbond substituents is 1. The number of anilines is 1. The van der Waals surface area contributed by atoms with Crippen molar-refractivity contribution in [2.45, 2.75) is 19.3 Å². The molecule has 1 amide bonds. The lowest BCUT2D eigenvalue weighted by Gasteiger charge is -2.12. The summed E-state index contributed by atoms with van der Waals surface area (Å²) in [4.78, 5) is 12.6. The first kappa shape index (κ1) is 14.5. The van der Waals surface area contributed by atoms with E-state index in [4.69, 9.17) is 0 Å². The summed E-state index contributed by atoms with van der Waals surface area (Å²) in [6.07, 6.45) is 3.29. The predicted octanol–water partition coefficient (Wildman–Crippen LogP) is 4.82. The SMILES string of the molecule is O=C1Nc2ccc(Br)cc2/C1=C(/CC1CC1)c1cccc(O)c1. The third-order valence-electron chi connectivity index (χ3n) is 4.41. The minimum Gasteiger partial charge on any atom is -0.508 e. The smallest absolute Gasteiger partial charge is 0.256 e. The normalized spacial score (nSPS) is 18.6. The summed E-state index contributed by atoms with van der Waals surface area (Å²) in [5.74, 6) is 0.810. The maximum Gasteiger partial charge on any atom is 0.256 e. The fraction of sp³-hybridized carbons (Fsp3) is 0.211. The van der Waals surface area contributed by atoms with Crippen molar-refractivity contribution in [2.24, 2.45) is 5.92 Å². The molecule has 0 unspecified atom stereocenters. The zero-order chi connectivity index (χ0) is 16.0. The summed E-state index contributed by atoms with van der Waals surface area (Å²) in [5.41, 5.74) is 4.47. The molecule has 1 fully saturated rings. The van der Waals surface area contributed by atoms with Crippen LogP contribution >= 0.6 is 15.9 Å². The molecule has 0 spiro atoms. The average Bonchev–Trinajstić information content (AvgIpc) is 3.28. The van der Waals surface area contributed by atoms with Gasteiger partial charge in [0.15, 0.2) is 0 Å². The van der Waals surface area contributed by atoms with E-state index in [-0.39, 0.29) is 11.7 Å².